The van der Waals surface area contributed by atoms with Crippen LogP contribution >= 0.6 is 0 Å². The first-order valence-electron chi connectivity index (χ1n) is 20.0. The molecule has 5 rings (SSSR count). The van der Waals surface area contributed by atoms with Crippen molar-refractivity contribution in [3.05, 3.63) is 120 Å². The van der Waals surface area contributed by atoms with E-state index in [2.05, 4.69) is 33.1 Å². The van der Waals surface area contributed by atoms with Crippen LogP contribution in [-0.2, 0) is 41.4 Å². The number of alkyl carbamates (subject to hydrolysis) is 1. The number of aromatic nitrogens is 1. The molecule has 12 nitrogen and oxygen atoms in total. The maximum Gasteiger partial charge on any atom is 0.407 e. The highest BCUT2D eigenvalue weighted by atomic mass is 16.6. The Labute approximate surface area is 347 Å². The Kier molecular flexibility index (Phi) is 14.2. The van der Waals surface area contributed by atoms with E-state index < -0.39 is 58.8 Å². The third-order valence-corrected chi connectivity index (χ3v) is 9.23. The van der Waals surface area contributed by atoms with Gasteiger partial charge in [0.2, 0.25) is 11.8 Å². The van der Waals surface area contributed by atoms with Crippen LogP contribution in [0.3, 0.4) is 0 Å². The van der Waals surface area contributed by atoms with Crippen LogP contribution in [0.1, 0.15) is 90.5 Å². The highest BCUT2D eigenvalue weighted by molar-refractivity contribution is 5.93. The molecule has 12 heteroatoms. The number of pyridine rings is 1. The van der Waals surface area contributed by atoms with E-state index >= 15 is 0 Å². The Morgan fingerprint density at radius 1 is 0.627 bits per heavy atom. The van der Waals surface area contributed by atoms with E-state index in [-0.39, 0.29) is 32.0 Å². The van der Waals surface area contributed by atoms with Gasteiger partial charge < -0.3 is 34.9 Å². The monoisotopic (exact) mass is 806 g/mol. The molecule has 0 saturated carbocycles. The highest BCUT2D eigenvalue weighted by Crippen LogP contribution is 2.44. The van der Waals surface area contributed by atoms with Crippen LogP contribution in [-0.4, -0.2) is 77.0 Å². The SMILES string of the molecule is CC(C)(C)OC[C@H](NC(=O)[C@@H](Cc1cccnc1)NC(=O)OCC1c2ccccc2-c2ccccc21)C(=O)N[C@@H](Cc1ccc(OC(C)(C)C)cc1)C(=O)OC(C)(C)C. The number of hydrogen-bond donors (Lipinski definition) is 3. The molecule has 3 N–H and O–H groups in total. The van der Waals surface area contributed by atoms with Gasteiger partial charge in [0.05, 0.1) is 12.2 Å². The van der Waals surface area contributed by atoms with Crippen molar-refractivity contribution in [2.24, 2.45) is 0 Å². The molecule has 0 spiro atoms. The van der Waals surface area contributed by atoms with Gasteiger partial charge in [-0.15, -0.1) is 0 Å². The molecule has 4 aromatic rings. The lowest BCUT2D eigenvalue weighted by atomic mass is 9.98. The van der Waals surface area contributed by atoms with Crippen molar-refractivity contribution < 1.29 is 38.1 Å². The first-order valence-corrected chi connectivity index (χ1v) is 20.0. The minimum atomic E-state index is -1.27. The van der Waals surface area contributed by atoms with Gasteiger partial charge in [0.1, 0.15) is 41.7 Å². The molecule has 1 aromatic heterocycles. The molecule has 0 fully saturated rings. The summed E-state index contributed by atoms with van der Waals surface area (Å²) in [4.78, 5) is 59.6. The predicted octanol–water partition coefficient (Wildman–Crippen LogP) is 7.08. The summed E-state index contributed by atoms with van der Waals surface area (Å²) in [6, 6.07) is 23.2. The summed E-state index contributed by atoms with van der Waals surface area (Å²) < 4.78 is 23.5. The van der Waals surface area contributed by atoms with Gasteiger partial charge in [0, 0.05) is 31.2 Å². The molecule has 3 atom stereocenters. The lowest BCUT2D eigenvalue weighted by molar-refractivity contribution is -0.159. The number of carbonyl (C=O) groups excluding carboxylic acids is 4. The van der Waals surface area contributed by atoms with Gasteiger partial charge in [-0.3, -0.25) is 14.6 Å². The smallest absolute Gasteiger partial charge is 0.407 e. The van der Waals surface area contributed by atoms with Crippen molar-refractivity contribution in [1.82, 2.24) is 20.9 Å². The largest absolute Gasteiger partial charge is 0.488 e. The second kappa shape index (κ2) is 18.9. The number of benzene rings is 3. The summed E-state index contributed by atoms with van der Waals surface area (Å²) in [5, 5.41) is 8.34. The van der Waals surface area contributed by atoms with Crippen molar-refractivity contribution in [2.75, 3.05) is 13.2 Å². The molecule has 0 bridgehead atoms. The van der Waals surface area contributed by atoms with Gasteiger partial charge >= 0.3 is 12.1 Å². The van der Waals surface area contributed by atoms with E-state index in [1.54, 1.807) is 57.4 Å². The third-order valence-electron chi connectivity index (χ3n) is 9.23. The van der Waals surface area contributed by atoms with Crippen LogP contribution < -0.4 is 20.7 Å². The lowest BCUT2D eigenvalue weighted by Crippen LogP contribution is -2.58. The maximum atomic E-state index is 14.2. The Bertz CT molecular complexity index is 2020. The Hall–Kier alpha value is -5.75. The first kappa shape index (κ1) is 44.4. The fourth-order valence-electron chi connectivity index (χ4n) is 6.66. The van der Waals surface area contributed by atoms with Crippen molar-refractivity contribution in [3.8, 4) is 16.9 Å². The van der Waals surface area contributed by atoms with Gasteiger partial charge in [-0.25, -0.2) is 9.59 Å². The second-order valence-corrected chi connectivity index (χ2v) is 17.7. The summed E-state index contributed by atoms with van der Waals surface area (Å²) in [5.74, 6) is -1.51. The molecule has 0 radical (unpaired) electrons. The lowest BCUT2D eigenvalue weighted by Gasteiger charge is -2.29. The van der Waals surface area contributed by atoms with Gasteiger partial charge in [-0.05, 0) is 114 Å². The minimum Gasteiger partial charge on any atom is -0.488 e. The number of rotatable bonds is 15. The molecule has 314 valence electrons. The molecule has 3 amide bonds. The van der Waals surface area contributed by atoms with Crippen LogP contribution in [0.4, 0.5) is 4.79 Å². The van der Waals surface area contributed by atoms with E-state index in [1.807, 2.05) is 90.1 Å². The summed E-state index contributed by atoms with van der Waals surface area (Å²) >= 11 is 0. The third kappa shape index (κ3) is 13.4. The predicted molar refractivity (Wildman–Crippen MR) is 226 cm³/mol. The number of amides is 3. The standard InChI is InChI=1S/C47H58N4O8/c1-45(2,3)57-29-40(42(53)49-39(43(54)59-47(7,8)9)25-30-20-22-32(23-21-30)58-46(4,5)6)50-41(52)38(26-31-15-14-24-48-27-31)51-44(55)56-28-37-35-18-12-10-16-33(35)34-17-11-13-19-36(34)37/h10-24,27,37-40H,25-26,28-29H2,1-9H3,(H,49,53)(H,50,52)(H,51,55)/t38-,39+,40+/m1/s1. The van der Waals surface area contributed by atoms with Gasteiger partial charge in [-0.1, -0.05) is 66.7 Å². The zero-order chi connectivity index (χ0) is 43.0. The Morgan fingerprint density at radius 2 is 1.20 bits per heavy atom. The van der Waals surface area contributed by atoms with Crippen LogP contribution in [0.15, 0.2) is 97.3 Å². The number of nitrogens with one attached hydrogen (secondary N) is 3. The quantitative estimate of drug-likeness (QED) is 0.107. The zero-order valence-electron chi connectivity index (χ0n) is 35.6. The second-order valence-electron chi connectivity index (χ2n) is 17.7. The summed E-state index contributed by atoms with van der Waals surface area (Å²) in [6.45, 7) is 16.4. The summed E-state index contributed by atoms with van der Waals surface area (Å²) in [6.07, 6.45) is 2.56. The molecule has 3 aromatic carbocycles. The number of carbonyl (C=O) groups is 4. The highest BCUT2D eigenvalue weighted by Gasteiger charge is 2.34. The van der Waals surface area contributed by atoms with Crippen molar-refractivity contribution in [2.45, 2.75) is 116 Å². The van der Waals surface area contributed by atoms with Crippen LogP contribution in [0, 0.1) is 0 Å². The van der Waals surface area contributed by atoms with Gasteiger partial charge in [0.25, 0.3) is 0 Å². The fourth-order valence-corrected chi connectivity index (χ4v) is 6.66. The van der Waals surface area contributed by atoms with Gasteiger partial charge in [0.15, 0.2) is 0 Å². The first-order chi connectivity index (χ1) is 27.7. The number of esters is 1. The fraction of sp³-hybridized carbons (Fsp3) is 0.426. The van der Waals surface area contributed by atoms with E-state index in [1.165, 1.54) is 0 Å². The molecule has 1 heterocycles. The van der Waals surface area contributed by atoms with Crippen molar-refractivity contribution in [3.63, 3.8) is 0 Å². The molecule has 59 heavy (non-hydrogen) atoms. The molecule has 1 aliphatic carbocycles. The molecule has 0 saturated heterocycles. The number of fused-ring (bicyclic) bond motifs is 3. The summed E-state index contributed by atoms with van der Waals surface area (Å²) in [5.41, 5.74) is 3.78. The van der Waals surface area contributed by atoms with Crippen LogP contribution in [0.25, 0.3) is 11.1 Å². The van der Waals surface area contributed by atoms with Crippen LogP contribution in [0.2, 0.25) is 0 Å². The number of ether oxygens (including phenoxy) is 4. The minimum absolute atomic E-state index is 0.0456. The maximum absolute atomic E-state index is 14.2. The molecular formula is C47H58N4O8. The van der Waals surface area contributed by atoms with Gasteiger partial charge in [-0.2, -0.15) is 0 Å². The van der Waals surface area contributed by atoms with E-state index in [4.69, 9.17) is 18.9 Å². The summed E-state index contributed by atoms with van der Waals surface area (Å²) in [7, 11) is 0. The van der Waals surface area contributed by atoms with E-state index in [9.17, 15) is 19.2 Å². The Balaban J connectivity index is 1.34. The normalized spacial score (nSPS) is 14.2. The van der Waals surface area contributed by atoms with Crippen molar-refractivity contribution >= 4 is 23.9 Å². The average molecular weight is 807 g/mol. The van der Waals surface area contributed by atoms with E-state index in [0.29, 0.717) is 11.3 Å². The van der Waals surface area contributed by atoms with Crippen LogP contribution in [0.5, 0.6) is 5.75 Å². The number of nitrogens with zero attached hydrogens (tertiary/aromatic N) is 1. The average Bonchev–Trinajstić information content (AvgIpc) is 3.48. The topological polar surface area (TPSA) is 154 Å². The molecule has 0 unspecified atom stereocenters. The zero-order valence-corrected chi connectivity index (χ0v) is 35.6. The number of hydrogen-bond acceptors (Lipinski definition) is 9. The Morgan fingerprint density at radius 3 is 1.76 bits per heavy atom. The van der Waals surface area contributed by atoms with Crippen molar-refractivity contribution in [1.29, 1.82) is 0 Å². The molecule has 1 aliphatic rings. The molecule has 0 aliphatic heterocycles. The molecular weight excluding hydrogens is 749 g/mol. The van der Waals surface area contributed by atoms with E-state index in [0.717, 1.165) is 27.8 Å².